The fourth-order valence-electron chi connectivity index (χ4n) is 18.9. The van der Waals surface area contributed by atoms with Crippen LogP contribution in [0.3, 0.4) is 0 Å². The Kier molecular flexibility index (Phi) is 11.3. The van der Waals surface area contributed by atoms with Crippen molar-refractivity contribution in [2.45, 2.75) is 136 Å². The summed E-state index contributed by atoms with van der Waals surface area (Å²) in [6.45, 7) is 33.1. The molecule has 20 rings (SSSR count). The molecule has 0 atom stereocenters. The third-order valence-corrected chi connectivity index (χ3v) is 23.9. The van der Waals surface area contributed by atoms with Gasteiger partial charge in [0, 0.05) is 70.5 Å². The zero-order valence-corrected chi connectivity index (χ0v) is 57.6. The largest absolute Gasteiger partial charge is 0.456 e. The van der Waals surface area contributed by atoms with Gasteiger partial charge in [0.05, 0.1) is 0 Å². The van der Waals surface area contributed by atoms with Gasteiger partial charge in [-0.1, -0.05) is 259 Å². The van der Waals surface area contributed by atoms with Gasteiger partial charge in [-0.25, -0.2) is 0 Å². The Morgan fingerprint density at radius 1 is 0.302 bits per heavy atom. The summed E-state index contributed by atoms with van der Waals surface area (Å²) in [7, 11) is 0. The highest BCUT2D eigenvalue weighted by atomic mass is 16.3. The van der Waals surface area contributed by atoms with Crippen LogP contribution in [-0.2, 0) is 38.9 Å². The van der Waals surface area contributed by atoms with Crippen molar-refractivity contribution in [1.82, 2.24) is 0 Å². The normalized spacial score (nSPS) is 16.3. The lowest BCUT2D eigenvalue weighted by atomic mass is 9.72. The van der Waals surface area contributed by atoms with Crippen LogP contribution in [0.25, 0.3) is 133 Å². The van der Waals surface area contributed by atoms with E-state index in [0.717, 1.165) is 39.9 Å². The average molecular weight is 1240 g/mol. The van der Waals surface area contributed by atoms with E-state index in [0.29, 0.717) is 0 Å². The molecule has 0 amide bonds. The molecule has 3 heterocycles. The Bertz CT molecular complexity index is 5990. The van der Waals surface area contributed by atoms with E-state index in [1.165, 1.54) is 177 Å². The van der Waals surface area contributed by atoms with Crippen LogP contribution in [0.2, 0.25) is 0 Å². The number of fused-ring (bicyclic) bond motifs is 29. The zero-order chi connectivity index (χ0) is 65.8. The second kappa shape index (κ2) is 18.9. The van der Waals surface area contributed by atoms with Gasteiger partial charge in [0.1, 0.15) is 33.5 Å². The van der Waals surface area contributed by atoms with Crippen LogP contribution >= 0.6 is 0 Å². The molecule has 0 fully saturated rings. The molecule has 12 aromatic carbocycles. The molecule has 5 aliphatic carbocycles. The van der Waals surface area contributed by atoms with E-state index < -0.39 is 0 Å². The molecule has 468 valence electrons. The summed E-state index contributed by atoms with van der Waals surface area (Å²) in [5, 5.41) is 7.33. The minimum atomic E-state index is -0.222. The molecule has 0 bridgehead atoms. The smallest absolute Gasteiger partial charge is 0.144 e. The SMILES string of the molecule is CC1(C)c2cc(Cc3ccc4c(c3)C(C)(C)c3c5c(c6c(oc7ccccc76)c3-4)-c3ccccc3C5(C)C)ccc2-c2cc3c(cc21)-c1c(ccc2oc4ccccc4c12)C3(C)C.Cc1ccc2c(c1)C(C)(C)c1cc(-c3ccc(C(C)(C)C)cc3)c3oc4ccccc4c3c1-2. The molecular weight excluding hydrogens is 1170 g/mol. The number of aryl methyl sites for hydroxylation is 1. The first kappa shape index (κ1) is 57.5. The predicted octanol–water partition coefficient (Wildman–Crippen LogP) is 25.5. The van der Waals surface area contributed by atoms with Crippen LogP contribution in [0.5, 0.6) is 0 Å². The first-order valence-electron chi connectivity index (χ1n) is 34.7. The summed E-state index contributed by atoms with van der Waals surface area (Å²) >= 11 is 0. The maximum atomic E-state index is 6.95. The van der Waals surface area contributed by atoms with Gasteiger partial charge in [0.25, 0.3) is 0 Å². The van der Waals surface area contributed by atoms with Gasteiger partial charge >= 0.3 is 0 Å². The lowest BCUT2D eigenvalue weighted by Crippen LogP contribution is -2.24. The highest BCUT2D eigenvalue weighted by Crippen LogP contribution is 2.65. The van der Waals surface area contributed by atoms with Crippen LogP contribution in [-0.4, -0.2) is 0 Å². The van der Waals surface area contributed by atoms with Gasteiger partial charge in [-0.15, -0.1) is 0 Å². The molecule has 0 saturated carbocycles. The Morgan fingerprint density at radius 3 is 1.46 bits per heavy atom. The molecule has 96 heavy (non-hydrogen) atoms. The van der Waals surface area contributed by atoms with Crippen molar-refractivity contribution in [3.05, 3.63) is 284 Å². The minimum Gasteiger partial charge on any atom is -0.456 e. The predicted molar refractivity (Wildman–Crippen MR) is 401 cm³/mol. The fraction of sp³-hybridized carbons (Fsp3) is 0.226. The Morgan fingerprint density at radius 2 is 0.771 bits per heavy atom. The van der Waals surface area contributed by atoms with Crippen molar-refractivity contribution in [2.75, 3.05) is 0 Å². The molecule has 0 spiro atoms. The molecule has 0 radical (unpaired) electrons. The summed E-state index contributed by atoms with van der Waals surface area (Å²) in [4.78, 5) is 0. The molecule has 3 aromatic heterocycles. The summed E-state index contributed by atoms with van der Waals surface area (Å²) in [5.41, 5.74) is 40.5. The summed E-state index contributed by atoms with van der Waals surface area (Å²) in [5.74, 6) is 0. The fourth-order valence-corrected chi connectivity index (χ4v) is 18.9. The van der Waals surface area contributed by atoms with Crippen LogP contribution < -0.4 is 0 Å². The number of para-hydroxylation sites is 3. The number of hydrogen-bond acceptors (Lipinski definition) is 3. The standard InChI is InChI=1S/C61H48O2.C32H30O/c1-58(2)42-25-26-49-51(37-16-10-13-19-47(37)62-49)50(42)40-31-45-39(30-46(40)58)34-23-21-32(28-43(34)59(45,3)4)27-33-22-24-36-44(29-33)61(7,8)56-54(36)57-53(38-17-11-14-20-48(38)63-57)52-35-15-9-12-18-41(35)60(5,6)55(52)56;1-19-11-16-22-25(17-19)32(5,6)26-18-24(20-12-14-21(15-13-20)31(2,3)4)30-29(28(22)26)23-9-7-8-10-27(23)33-30/h9-26,28-31H,27H2,1-8H3;7-18H,1-6H3. The van der Waals surface area contributed by atoms with Crippen molar-refractivity contribution in [3.63, 3.8) is 0 Å². The molecule has 0 aliphatic heterocycles. The second-order valence-corrected chi connectivity index (χ2v) is 32.3. The van der Waals surface area contributed by atoms with Crippen LogP contribution in [0.4, 0.5) is 0 Å². The maximum absolute atomic E-state index is 6.95. The Labute approximate surface area is 562 Å². The molecule has 0 unspecified atom stereocenters. The van der Waals surface area contributed by atoms with Crippen molar-refractivity contribution >= 4 is 65.8 Å². The first-order valence-corrected chi connectivity index (χ1v) is 34.7. The third-order valence-electron chi connectivity index (χ3n) is 23.9. The van der Waals surface area contributed by atoms with Gasteiger partial charge in [-0.3, -0.25) is 0 Å². The van der Waals surface area contributed by atoms with E-state index in [1.54, 1.807) is 0 Å². The van der Waals surface area contributed by atoms with E-state index in [2.05, 4.69) is 303 Å². The molecule has 15 aromatic rings. The second-order valence-electron chi connectivity index (χ2n) is 32.3. The number of hydrogen-bond donors (Lipinski definition) is 0. The zero-order valence-electron chi connectivity index (χ0n) is 57.6. The van der Waals surface area contributed by atoms with E-state index in [4.69, 9.17) is 13.3 Å². The molecule has 5 aliphatic rings. The third kappa shape index (κ3) is 7.50. The molecule has 3 nitrogen and oxygen atoms in total. The molecule has 0 N–H and O–H groups in total. The Hall–Kier alpha value is -9.96. The lowest BCUT2D eigenvalue weighted by Gasteiger charge is -2.31. The summed E-state index contributed by atoms with van der Waals surface area (Å²) in [6.07, 6.45) is 0.872. The van der Waals surface area contributed by atoms with Crippen LogP contribution in [0.1, 0.15) is 168 Å². The topological polar surface area (TPSA) is 39.4 Å². The van der Waals surface area contributed by atoms with E-state index in [1.807, 2.05) is 0 Å². The van der Waals surface area contributed by atoms with Gasteiger partial charge in [0.15, 0.2) is 0 Å². The lowest BCUT2D eigenvalue weighted by molar-refractivity contribution is 0.590. The van der Waals surface area contributed by atoms with Gasteiger partial charge < -0.3 is 13.3 Å². The van der Waals surface area contributed by atoms with E-state index in [9.17, 15) is 0 Å². The minimum absolute atomic E-state index is 0.0661. The van der Waals surface area contributed by atoms with E-state index in [-0.39, 0.29) is 32.5 Å². The van der Waals surface area contributed by atoms with Gasteiger partial charge in [-0.2, -0.15) is 0 Å². The van der Waals surface area contributed by atoms with Crippen molar-refractivity contribution in [3.8, 4) is 66.8 Å². The molecule has 0 saturated heterocycles. The van der Waals surface area contributed by atoms with Crippen molar-refractivity contribution < 1.29 is 13.3 Å². The van der Waals surface area contributed by atoms with Crippen LogP contribution in [0.15, 0.2) is 220 Å². The maximum Gasteiger partial charge on any atom is 0.144 e. The summed E-state index contributed by atoms with van der Waals surface area (Å²) in [6, 6.07) is 77.2. The van der Waals surface area contributed by atoms with Crippen molar-refractivity contribution in [2.24, 2.45) is 0 Å². The molecule has 3 heteroatoms. The average Bonchev–Trinajstić information content (AvgIpc) is 1.51. The summed E-state index contributed by atoms with van der Waals surface area (Å²) < 4.78 is 19.9. The number of furan rings is 3. The Balaban J connectivity index is 0.000000166. The first-order chi connectivity index (χ1) is 45.9. The highest BCUT2D eigenvalue weighted by Gasteiger charge is 2.49. The highest BCUT2D eigenvalue weighted by molar-refractivity contribution is 6.22. The van der Waals surface area contributed by atoms with Gasteiger partial charge in [0.2, 0.25) is 0 Å². The quantitative estimate of drug-likeness (QED) is 0.177. The monoisotopic (exact) mass is 1240 g/mol. The number of rotatable bonds is 3. The van der Waals surface area contributed by atoms with Crippen LogP contribution in [0, 0.1) is 6.92 Å². The van der Waals surface area contributed by atoms with Gasteiger partial charge in [-0.05, 0) is 189 Å². The molecular formula is C93H78O3. The number of benzene rings is 12. The van der Waals surface area contributed by atoms with Crippen molar-refractivity contribution in [1.29, 1.82) is 0 Å². The van der Waals surface area contributed by atoms with E-state index >= 15 is 0 Å².